The molecule has 0 aliphatic heterocycles. The summed E-state index contributed by atoms with van der Waals surface area (Å²) in [4.78, 5) is 23.6. The summed E-state index contributed by atoms with van der Waals surface area (Å²) in [5, 5.41) is 2.29. The van der Waals surface area contributed by atoms with Crippen molar-refractivity contribution in [3.05, 3.63) is 66.2 Å². The Morgan fingerprint density at radius 3 is 2.16 bits per heavy atom. The van der Waals surface area contributed by atoms with Gasteiger partial charge in [0.25, 0.3) is 15.9 Å². The lowest BCUT2D eigenvalue weighted by atomic mass is 10.2. The summed E-state index contributed by atoms with van der Waals surface area (Å²) in [5.74, 6) is -0.861. The molecule has 0 unspecified atom stereocenters. The number of carbonyl (C=O) groups excluding carboxylic acids is 2. The van der Waals surface area contributed by atoms with Crippen molar-refractivity contribution in [3.63, 3.8) is 0 Å². The fourth-order valence-electron chi connectivity index (χ4n) is 1.89. The van der Waals surface area contributed by atoms with Gasteiger partial charge >= 0.3 is 6.09 Å². The van der Waals surface area contributed by atoms with Crippen molar-refractivity contribution >= 4 is 22.0 Å². The van der Waals surface area contributed by atoms with Gasteiger partial charge in [0.1, 0.15) is 12.6 Å². The summed E-state index contributed by atoms with van der Waals surface area (Å²) in [6.45, 7) is 1.41. The van der Waals surface area contributed by atoms with Gasteiger partial charge in [0, 0.05) is 0 Å². The Labute approximate surface area is 146 Å². The molecule has 0 aromatic heterocycles. The van der Waals surface area contributed by atoms with E-state index in [9.17, 15) is 18.0 Å². The van der Waals surface area contributed by atoms with Gasteiger partial charge in [-0.25, -0.2) is 17.9 Å². The third-order valence-corrected chi connectivity index (χ3v) is 4.59. The number of sulfonamides is 1. The van der Waals surface area contributed by atoms with Crippen molar-refractivity contribution in [1.82, 2.24) is 10.0 Å². The molecule has 8 heteroatoms. The Bertz CT molecular complexity index is 823. The molecule has 25 heavy (non-hydrogen) atoms. The fraction of sp³-hybridized carbons (Fsp3) is 0.176. The topological polar surface area (TPSA) is 102 Å². The first kappa shape index (κ1) is 18.5. The standard InChI is InChI=1S/C17H18N2O5S/c1-13(18-17(21)24-12-14-8-4-2-5-9-14)16(20)19-25(22,23)15-10-6-3-7-11-15/h2-11,13H,12H2,1H3,(H,18,21)(H,19,20)/t13-/m1/s1. The molecule has 2 N–H and O–H groups in total. The summed E-state index contributed by atoms with van der Waals surface area (Å²) in [5.41, 5.74) is 0.793. The highest BCUT2D eigenvalue weighted by Crippen LogP contribution is 2.07. The summed E-state index contributed by atoms with van der Waals surface area (Å²) >= 11 is 0. The first-order valence-corrected chi connectivity index (χ1v) is 8.96. The summed E-state index contributed by atoms with van der Waals surface area (Å²) in [7, 11) is -3.99. The van der Waals surface area contributed by atoms with Crippen LogP contribution in [-0.2, 0) is 26.2 Å². The second-order valence-electron chi connectivity index (χ2n) is 5.21. The van der Waals surface area contributed by atoms with E-state index >= 15 is 0 Å². The Morgan fingerprint density at radius 2 is 1.56 bits per heavy atom. The molecule has 2 rings (SSSR count). The highest BCUT2D eigenvalue weighted by Gasteiger charge is 2.23. The molecule has 1 atom stereocenters. The maximum absolute atomic E-state index is 12.1. The molecule has 2 amide bonds. The van der Waals surface area contributed by atoms with Crippen LogP contribution in [0.5, 0.6) is 0 Å². The van der Waals surface area contributed by atoms with Crippen molar-refractivity contribution in [3.8, 4) is 0 Å². The largest absolute Gasteiger partial charge is 0.445 e. The lowest BCUT2D eigenvalue weighted by Gasteiger charge is -2.14. The number of hydrogen-bond donors (Lipinski definition) is 2. The number of hydrogen-bond acceptors (Lipinski definition) is 5. The second kappa shape index (κ2) is 8.29. The van der Waals surface area contributed by atoms with E-state index in [2.05, 4.69) is 5.32 Å². The van der Waals surface area contributed by atoms with Crippen LogP contribution in [0.4, 0.5) is 4.79 Å². The molecule has 0 aliphatic rings. The third-order valence-electron chi connectivity index (χ3n) is 3.23. The number of nitrogens with one attached hydrogen (secondary N) is 2. The summed E-state index contributed by atoms with van der Waals surface area (Å²) in [6, 6.07) is 15.4. The SMILES string of the molecule is C[C@@H](NC(=O)OCc1ccccc1)C(=O)NS(=O)(=O)c1ccccc1. The lowest BCUT2D eigenvalue weighted by molar-refractivity contribution is -0.120. The van der Waals surface area contributed by atoms with Crippen LogP contribution in [0.15, 0.2) is 65.6 Å². The van der Waals surface area contributed by atoms with E-state index in [1.807, 2.05) is 10.8 Å². The van der Waals surface area contributed by atoms with Gasteiger partial charge in [-0.15, -0.1) is 0 Å². The zero-order valence-corrected chi connectivity index (χ0v) is 14.3. The van der Waals surface area contributed by atoms with Crippen LogP contribution < -0.4 is 10.0 Å². The van der Waals surface area contributed by atoms with E-state index in [4.69, 9.17) is 4.74 Å². The smallest absolute Gasteiger partial charge is 0.408 e. The molecule has 0 saturated carbocycles. The predicted octanol–water partition coefficient (Wildman–Crippen LogP) is 1.81. The highest BCUT2D eigenvalue weighted by molar-refractivity contribution is 7.90. The molecule has 0 bridgehead atoms. The molecular formula is C17H18N2O5S. The van der Waals surface area contributed by atoms with Crippen molar-refractivity contribution in [2.24, 2.45) is 0 Å². The molecule has 0 aliphatic carbocycles. The van der Waals surface area contributed by atoms with E-state index in [-0.39, 0.29) is 11.5 Å². The fourth-order valence-corrected chi connectivity index (χ4v) is 2.96. The number of carbonyl (C=O) groups is 2. The zero-order chi connectivity index (χ0) is 18.3. The number of amides is 2. The van der Waals surface area contributed by atoms with Crippen LogP contribution in [0, 0.1) is 0 Å². The van der Waals surface area contributed by atoms with Crippen LogP contribution in [0.25, 0.3) is 0 Å². The Balaban J connectivity index is 1.86. The Hall–Kier alpha value is -2.87. The third kappa shape index (κ3) is 5.61. The maximum Gasteiger partial charge on any atom is 0.408 e. The van der Waals surface area contributed by atoms with E-state index in [1.54, 1.807) is 42.5 Å². The van der Waals surface area contributed by atoms with Crippen LogP contribution in [0.3, 0.4) is 0 Å². The molecule has 132 valence electrons. The minimum atomic E-state index is -3.99. The first-order valence-electron chi connectivity index (χ1n) is 7.47. The zero-order valence-electron chi connectivity index (χ0n) is 13.5. The van der Waals surface area contributed by atoms with Gasteiger partial charge in [-0.05, 0) is 24.6 Å². The quantitative estimate of drug-likeness (QED) is 0.816. The van der Waals surface area contributed by atoms with Crippen LogP contribution >= 0.6 is 0 Å². The number of rotatable bonds is 6. The van der Waals surface area contributed by atoms with Crippen molar-refractivity contribution in [2.45, 2.75) is 24.5 Å². The Kier molecular flexibility index (Phi) is 6.13. The average Bonchev–Trinajstić information content (AvgIpc) is 2.61. The molecule has 0 fully saturated rings. The summed E-state index contributed by atoms with van der Waals surface area (Å²) in [6.07, 6.45) is -0.816. The minimum Gasteiger partial charge on any atom is -0.445 e. The lowest BCUT2D eigenvalue weighted by Crippen LogP contribution is -2.46. The monoisotopic (exact) mass is 362 g/mol. The molecule has 2 aromatic carbocycles. The van der Waals surface area contributed by atoms with E-state index in [1.165, 1.54) is 19.1 Å². The Morgan fingerprint density at radius 1 is 1.00 bits per heavy atom. The van der Waals surface area contributed by atoms with Crippen LogP contribution in [0.2, 0.25) is 0 Å². The molecule has 0 radical (unpaired) electrons. The van der Waals surface area contributed by atoms with Crippen molar-refractivity contribution in [2.75, 3.05) is 0 Å². The van der Waals surface area contributed by atoms with Crippen LogP contribution in [-0.4, -0.2) is 26.5 Å². The minimum absolute atomic E-state index is 0.0396. The predicted molar refractivity (Wildman–Crippen MR) is 91.0 cm³/mol. The van der Waals surface area contributed by atoms with E-state index < -0.39 is 28.1 Å². The summed E-state index contributed by atoms with van der Waals surface area (Å²) < 4.78 is 31.0. The van der Waals surface area contributed by atoms with Gasteiger partial charge in [0.05, 0.1) is 4.90 Å². The first-order chi connectivity index (χ1) is 11.9. The van der Waals surface area contributed by atoms with Crippen molar-refractivity contribution in [1.29, 1.82) is 0 Å². The normalized spacial score (nSPS) is 12.0. The van der Waals surface area contributed by atoms with Crippen LogP contribution in [0.1, 0.15) is 12.5 Å². The molecular weight excluding hydrogens is 344 g/mol. The van der Waals surface area contributed by atoms with E-state index in [0.717, 1.165) is 5.56 Å². The van der Waals surface area contributed by atoms with Gasteiger partial charge in [-0.3, -0.25) is 4.79 Å². The van der Waals surface area contributed by atoms with E-state index in [0.29, 0.717) is 0 Å². The second-order valence-corrected chi connectivity index (χ2v) is 6.89. The van der Waals surface area contributed by atoms with Gasteiger partial charge in [-0.2, -0.15) is 0 Å². The van der Waals surface area contributed by atoms with Gasteiger partial charge in [-0.1, -0.05) is 48.5 Å². The molecule has 0 spiro atoms. The van der Waals surface area contributed by atoms with Gasteiger partial charge < -0.3 is 10.1 Å². The number of ether oxygens (including phenoxy) is 1. The highest BCUT2D eigenvalue weighted by atomic mass is 32.2. The molecule has 0 heterocycles. The average molecular weight is 362 g/mol. The van der Waals surface area contributed by atoms with Crippen molar-refractivity contribution < 1.29 is 22.7 Å². The molecule has 0 saturated heterocycles. The van der Waals surface area contributed by atoms with Gasteiger partial charge in [0.15, 0.2) is 0 Å². The maximum atomic E-state index is 12.1. The van der Waals surface area contributed by atoms with Gasteiger partial charge in [0.2, 0.25) is 0 Å². The molecule has 2 aromatic rings. The molecule has 7 nitrogen and oxygen atoms in total. The number of benzene rings is 2. The number of alkyl carbamates (subject to hydrolysis) is 1.